The van der Waals surface area contributed by atoms with Crippen molar-refractivity contribution in [1.82, 2.24) is 24.7 Å². The Morgan fingerprint density at radius 2 is 2.35 bits per heavy atom. The molecular weight excluding hydrogens is 274 g/mol. The average molecular weight is 291 g/mol. The maximum Gasteiger partial charge on any atom is 0.257 e. The minimum atomic E-state index is 0.192. The molecule has 1 unspecified atom stereocenters. The highest BCUT2D eigenvalue weighted by Gasteiger charge is 2.29. The Morgan fingerprint density at radius 1 is 1.45 bits per heavy atom. The first-order chi connectivity index (χ1) is 9.65. The Hall–Kier alpha value is -1.83. The van der Waals surface area contributed by atoms with E-state index in [1.54, 1.807) is 17.1 Å². The van der Waals surface area contributed by atoms with E-state index in [0.717, 1.165) is 6.54 Å². The lowest BCUT2D eigenvalue weighted by atomic mass is 10.1. The van der Waals surface area contributed by atoms with Crippen LogP contribution >= 0.6 is 11.8 Å². The van der Waals surface area contributed by atoms with Gasteiger partial charge >= 0.3 is 0 Å². The van der Waals surface area contributed by atoms with Gasteiger partial charge in [-0.3, -0.25) is 0 Å². The molecule has 0 radical (unpaired) electrons. The summed E-state index contributed by atoms with van der Waals surface area (Å²) in [5.74, 6) is 2.33. The Morgan fingerprint density at radius 3 is 3.05 bits per heavy atom. The molecule has 1 saturated heterocycles. The number of nitrogens with zero attached hydrogens (tertiary/aromatic N) is 5. The van der Waals surface area contributed by atoms with Crippen LogP contribution in [-0.4, -0.2) is 41.8 Å². The van der Waals surface area contributed by atoms with Crippen LogP contribution in [0.1, 0.15) is 19.8 Å². The van der Waals surface area contributed by atoms with Crippen LogP contribution in [0.3, 0.4) is 0 Å². The highest BCUT2D eigenvalue weighted by atomic mass is 32.2. The Bertz CT molecular complexity index is 577. The van der Waals surface area contributed by atoms with Crippen molar-refractivity contribution in [2.75, 3.05) is 23.3 Å². The minimum Gasteiger partial charge on any atom is -0.368 e. The zero-order chi connectivity index (χ0) is 14.0. The maximum atomic E-state index is 5.73. The highest BCUT2D eigenvalue weighted by molar-refractivity contribution is 8.00. The molecule has 0 spiro atoms. The van der Waals surface area contributed by atoms with Gasteiger partial charge in [-0.25, -0.2) is 4.68 Å². The van der Waals surface area contributed by atoms with Crippen LogP contribution in [0.2, 0.25) is 0 Å². The molecule has 7 nitrogen and oxygen atoms in total. The van der Waals surface area contributed by atoms with E-state index < -0.39 is 0 Å². The third-order valence-electron chi connectivity index (χ3n) is 3.27. The summed E-state index contributed by atoms with van der Waals surface area (Å²) in [6.07, 6.45) is 5.91. The molecule has 1 atom stereocenters. The summed E-state index contributed by atoms with van der Waals surface area (Å²) < 4.78 is 1.81. The lowest BCUT2D eigenvalue weighted by Gasteiger charge is -2.22. The van der Waals surface area contributed by atoms with E-state index in [1.807, 2.05) is 17.8 Å². The number of hydrogen-bond acceptors (Lipinski definition) is 7. The maximum absolute atomic E-state index is 5.73. The van der Waals surface area contributed by atoms with Crippen LogP contribution in [0.15, 0.2) is 18.5 Å². The average Bonchev–Trinajstić information content (AvgIpc) is 3.08. The molecule has 3 N–H and O–H groups in total. The molecule has 2 aromatic rings. The van der Waals surface area contributed by atoms with Gasteiger partial charge in [0.05, 0.1) is 0 Å². The van der Waals surface area contributed by atoms with E-state index in [2.05, 4.69) is 32.3 Å². The number of rotatable bonds is 4. The zero-order valence-corrected chi connectivity index (χ0v) is 12.1. The summed E-state index contributed by atoms with van der Waals surface area (Å²) in [5.41, 5.74) is 5.73. The number of anilines is 2. The van der Waals surface area contributed by atoms with Crippen molar-refractivity contribution in [3.05, 3.63) is 18.5 Å². The number of nitrogen functional groups attached to an aromatic ring is 1. The Balaban J connectivity index is 1.76. The van der Waals surface area contributed by atoms with E-state index in [9.17, 15) is 0 Å². The third kappa shape index (κ3) is 2.84. The topological polar surface area (TPSA) is 94.5 Å². The van der Waals surface area contributed by atoms with E-state index in [4.69, 9.17) is 5.73 Å². The molecule has 3 heterocycles. The van der Waals surface area contributed by atoms with Crippen LogP contribution in [0.25, 0.3) is 5.95 Å². The van der Waals surface area contributed by atoms with Gasteiger partial charge in [-0.05, 0) is 31.6 Å². The van der Waals surface area contributed by atoms with Crippen molar-refractivity contribution in [2.45, 2.75) is 24.5 Å². The van der Waals surface area contributed by atoms with Gasteiger partial charge in [0.1, 0.15) is 0 Å². The molecule has 1 aliphatic heterocycles. The highest BCUT2D eigenvalue weighted by Crippen LogP contribution is 2.37. The fourth-order valence-corrected chi connectivity index (χ4v) is 3.44. The molecular formula is C12H17N7S. The fraction of sp³-hybridized carbons (Fsp3) is 0.500. The number of aromatic nitrogens is 5. The van der Waals surface area contributed by atoms with Gasteiger partial charge < -0.3 is 11.1 Å². The Kier molecular flexibility index (Phi) is 3.47. The van der Waals surface area contributed by atoms with Crippen LogP contribution in [-0.2, 0) is 0 Å². The van der Waals surface area contributed by atoms with Crippen LogP contribution in [0.4, 0.5) is 11.9 Å². The first kappa shape index (κ1) is 13.2. The molecule has 0 amide bonds. The van der Waals surface area contributed by atoms with Crippen molar-refractivity contribution in [3.8, 4) is 5.95 Å². The zero-order valence-electron chi connectivity index (χ0n) is 11.3. The molecule has 0 aromatic carbocycles. The van der Waals surface area contributed by atoms with Crippen molar-refractivity contribution in [2.24, 2.45) is 0 Å². The van der Waals surface area contributed by atoms with Crippen molar-refractivity contribution < 1.29 is 0 Å². The quantitative estimate of drug-likeness (QED) is 0.877. The van der Waals surface area contributed by atoms with Crippen molar-refractivity contribution in [1.29, 1.82) is 0 Å². The van der Waals surface area contributed by atoms with E-state index >= 15 is 0 Å². The molecule has 106 valence electrons. The van der Waals surface area contributed by atoms with Crippen molar-refractivity contribution >= 4 is 23.7 Å². The Labute approximate surface area is 121 Å². The molecule has 0 bridgehead atoms. The fourth-order valence-electron chi connectivity index (χ4n) is 2.19. The summed E-state index contributed by atoms with van der Waals surface area (Å²) in [7, 11) is 0. The molecule has 0 aliphatic carbocycles. The summed E-state index contributed by atoms with van der Waals surface area (Å²) in [6.45, 7) is 3.08. The van der Waals surface area contributed by atoms with Gasteiger partial charge in [-0.2, -0.15) is 31.8 Å². The predicted molar refractivity (Wildman–Crippen MR) is 79.9 cm³/mol. The normalized spacial score (nSPS) is 22.1. The molecule has 2 aromatic heterocycles. The van der Waals surface area contributed by atoms with Crippen molar-refractivity contribution in [3.63, 3.8) is 0 Å². The van der Waals surface area contributed by atoms with Crippen LogP contribution < -0.4 is 11.1 Å². The van der Waals surface area contributed by atoms with E-state index in [0.29, 0.717) is 11.9 Å². The molecule has 1 aliphatic rings. The SMILES string of the molecule is CC1(CNc2nc(N)nc(-n3cccn3)n2)CCCS1. The van der Waals surface area contributed by atoms with Gasteiger partial charge in [0.15, 0.2) is 0 Å². The second kappa shape index (κ2) is 5.28. The molecule has 3 rings (SSSR count). The minimum absolute atomic E-state index is 0.192. The van der Waals surface area contributed by atoms with Gasteiger partial charge in [-0.15, -0.1) is 0 Å². The van der Waals surface area contributed by atoms with E-state index in [1.165, 1.54) is 18.6 Å². The second-order valence-corrected chi connectivity index (χ2v) is 6.71. The van der Waals surface area contributed by atoms with Gasteiger partial charge in [-0.1, -0.05) is 0 Å². The molecule has 20 heavy (non-hydrogen) atoms. The standard InChI is InChI=1S/C12H17N7S/c1-12(4-2-7-20-12)8-14-10-16-9(13)17-11(18-10)19-6-3-5-15-19/h3,5-6H,2,4,7-8H2,1H3,(H3,13,14,16,17,18). The second-order valence-electron chi connectivity index (χ2n) is 5.02. The summed E-state index contributed by atoms with van der Waals surface area (Å²) in [5, 5.41) is 7.36. The largest absolute Gasteiger partial charge is 0.368 e. The number of nitrogens with two attached hydrogens (primary N) is 1. The van der Waals surface area contributed by atoms with Gasteiger partial charge in [0, 0.05) is 23.7 Å². The molecule has 0 saturated carbocycles. The van der Waals surface area contributed by atoms with Gasteiger partial charge in [0.25, 0.3) is 5.95 Å². The monoisotopic (exact) mass is 291 g/mol. The lowest BCUT2D eigenvalue weighted by Crippen LogP contribution is -2.28. The summed E-state index contributed by atoms with van der Waals surface area (Å²) in [6, 6.07) is 1.81. The third-order valence-corrected chi connectivity index (χ3v) is 4.81. The predicted octanol–water partition coefficient (Wildman–Crippen LogP) is 1.34. The smallest absolute Gasteiger partial charge is 0.257 e. The lowest BCUT2D eigenvalue weighted by molar-refractivity contribution is 0.631. The first-order valence-corrected chi connectivity index (χ1v) is 7.53. The molecule has 8 heteroatoms. The summed E-state index contributed by atoms with van der Waals surface area (Å²) in [4.78, 5) is 12.6. The number of hydrogen-bond donors (Lipinski definition) is 2. The number of nitrogens with one attached hydrogen (secondary N) is 1. The first-order valence-electron chi connectivity index (χ1n) is 6.54. The van der Waals surface area contributed by atoms with Crippen LogP contribution in [0, 0.1) is 0 Å². The summed E-state index contributed by atoms with van der Waals surface area (Å²) >= 11 is 1.99. The number of thioether (sulfide) groups is 1. The van der Waals surface area contributed by atoms with Gasteiger partial charge in [0.2, 0.25) is 11.9 Å². The molecule has 1 fully saturated rings. The van der Waals surface area contributed by atoms with E-state index in [-0.39, 0.29) is 10.7 Å². The van der Waals surface area contributed by atoms with Crippen LogP contribution in [0.5, 0.6) is 0 Å².